The lowest BCUT2D eigenvalue weighted by atomic mass is 9.85. The Balaban J connectivity index is 1.19. The summed E-state index contributed by atoms with van der Waals surface area (Å²) in [5.74, 6) is 0. The van der Waals surface area contributed by atoms with Gasteiger partial charge in [-0.3, -0.25) is 0 Å². The quantitative estimate of drug-likeness (QED) is 0.177. The number of rotatable bonds is 3. The molecule has 0 unspecified atom stereocenters. The lowest BCUT2D eigenvalue weighted by Crippen LogP contribution is -1.94. The minimum atomic E-state index is 0.909. The molecule has 0 aliphatic heterocycles. The fourth-order valence-corrected chi connectivity index (χ4v) is 8.35. The van der Waals surface area contributed by atoms with Crippen LogP contribution < -0.4 is 0 Å². The zero-order chi connectivity index (χ0) is 32.8. The van der Waals surface area contributed by atoms with Crippen molar-refractivity contribution < 1.29 is 4.42 Å². The largest absolute Gasteiger partial charge is 0.456 e. The van der Waals surface area contributed by atoms with Crippen LogP contribution in [-0.4, -0.2) is 4.57 Å². The number of nitrogens with zero attached hydrogens (tertiary/aromatic N) is 1. The second kappa shape index (κ2) is 10.4. The fraction of sp³-hybridized carbons (Fsp3) is 0. The van der Waals surface area contributed by atoms with E-state index in [0.717, 1.165) is 27.6 Å². The van der Waals surface area contributed by atoms with Gasteiger partial charge in [-0.15, -0.1) is 0 Å². The lowest BCUT2D eigenvalue weighted by molar-refractivity contribution is 0.669. The van der Waals surface area contributed by atoms with Crippen molar-refractivity contribution in [3.63, 3.8) is 0 Å². The Morgan fingerprint density at radius 1 is 0.320 bits per heavy atom. The summed E-state index contributed by atoms with van der Waals surface area (Å²) in [6, 6.07) is 63.9. The monoisotopic (exact) mass is 635 g/mol. The molecule has 0 atom stereocenters. The summed E-state index contributed by atoms with van der Waals surface area (Å²) in [6.07, 6.45) is 0. The second-order valence-corrected chi connectivity index (χ2v) is 13.3. The topological polar surface area (TPSA) is 18.1 Å². The van der Waals surface area contributed by atoms with Crippen LogP contribution in [0.2, 0.25) is 0 Å². The molecule has 11 rings (SSSR count). The molecule has 11 aromatic rings. The van der Waals surface area contributed by atoms with E-state index in [2.05, 4.69) is 180 Å². The van der Waals surface area contributed by atoms with Crippen LogP contribution in [-0.2, 0) is 0 Å². The summed E-state index contributed by atoms with van der Waals surface area (Å²) in [6.45, 7) is 0. The van der Waals surface area contributed by atoms with Crippen molar-refractivity contribution in [2.75, 3.05) is 0 Å². The van der Waals surface area contributed by atoms with E-state index >= 15 is 0 Å². The first-order valence-electron chi connectivity index (χ1n) is 17.2. The van der Waals surface area contributed by atoms with Gasteiger partial charge in [0.05, 0.1) is 11.0 Å². The normalized spacial score (nSPS) is 12.0. The van der Waals surface area contributed by atoms with E-state index < -0.39 is 0 Å². The summed E-state index contributed by atoms with van der Waals surface area (Å²) in [5, 5.41) is 12.2. The summed E-state index contributed by atoms with van der Waals surface area (Å²) >= 11 is 0. The molecule has 232 valence electrons. The van der Waals surface area contributed by atoms with Gasteiger partial charge in [-0.1, -0.05) is 127 Å². The molecule has 0 radical (unpaired) electrons. The van der Waals surface area contributed by atoms with Gasteiger partial charge in [0.15, 0.2) is 0 Å². The number of furan rings is 1. The molecule has 0 aliphatic rings. The van der Waals surface area contributed by atoms with Gasteiger partial charge in [-0.2, -0.15) is 0 Å². The molecule has 0 spiro atoms. The Kier molecular flexibility index (Phi) is 5.70. The zero-order valence-corrected chi connectivity index (χ0v) is 27.1. The van der Waals surface area contributed by atoms with Crippen molar-refractivity contribution in [1.29, 1.82) is 0 Å². The molecule has 0 saturated heterocycles. The molecule has 50 heavy (non-hydrogen) atoms. The molecular formula is C48H29NO. The van der Waals surface area contributed by atoms with Gasteiger partial charge in [-0.25, -0.2) is 0 Å². The third-order valence-corrected chi connectivity index (χ3v) is 10.5. The van der Waals surface area contributed by atoms with Gasteiger partial charge in [-0.05, 0) is 103 Å². The average molecular weight is 636 g/mol. The van der Waals surface area contributed by atoms with Crippen molar-refractivity contribution in [1.82, 2.24) is 4.57 Å². The third-order valence-electron chi connectivity index (χ3n) is 10.5. The third kappa shape index (κ3) is 3.90. The maximum absolute atomic E-state index is 6.40. The number of para-hydroxylation sites is 2. The van der Waals surface area contributed by atoms with E-state index in [4.69, 9.17) is 4.42 Å². The smallest absolute Gasteiger partial charge is 0.136 e. The molecule has 0 amide bonds. The molecule has 0 N–H and O–H groups in total. The van der Waals surface area contributed by atoms with Crippen LogP contribution in [0.15, 0.2) is 180 Å². The highest BCUT2D eigenvalue weighted by atomic mass is 16.3. The molecule has 2 aromatic heterocycles. The van der Waals surface area contributed by atoms with Gasteiger partial charge in [0, 0.05) is 27.2 Å². The van der Waals surface area contributed by atoms with E-state index in [-0.39, 0.29) is 0 Å². The molecule has 0 saturated carbocycles. The summed E-state index contributed by atoms with van der Waals surface area (Å²) in [4.78, 5) is 0. The SMILES string of the molecule is c1ccc(-n2c3ccccc3c3ccc(-c4c5ccccc5c(-c5ccc6oc7cc8ccccc8cc7c6c5)c5ccccc45)cc32)cc1. The van der Waals surface area contributed by atoms with Crippen molar-refractivity contribution >= 4 is 76.1 Å². The number of aromatic nitrogens is 1. The average Bonchev–Trinajstić information content (AvgIpc) is 3.70. The van der Waals surface area contributed by atoms with E-state index in [9.17, 15) is 0 Å². The second-order valence-electron chi connectivity index (χ2n) is 13.3. The molecule has 2 heterocycles. The predicted octanol–water partition coefficient (Wildman–Crippen LogP) is 13.5. The minimum absolute atomic E-state index is 0.909. The first-order chi connectivity index (χ1) is 24.8. The molecular weight excluding hydrogens is 607 g/mol. The Hall–Kier alpha value is -6.64. The van der Waals surface area contributed by atoms with Crippen LogP contribution in [0.3, 0.4) is 0 Å². The Labute approximate surface area is 288 Å². The number of hydrogen-bond acceptors (Lipinski definition) is 1. The van der Waals surface area contributed by atoms with Gasteiger partial charge >= 0.3 is 0 Å². The zero-order valence-electron chi connectivity index (χ0n) is 27.1. The van der Waals surface area contributed by atoms with Crippen LogP contribution in [0.4, 0.5) is 0 Å². The van der Waals surface area contributed by atoms with Gasteiger partial charge in [0.25, 0.3) is 0 Å². The molecule has 2 heteroatoms. The van der Waals surface area contributed by atoms with E-state index in [0.29, 0.717) is 0 Å². The van der Waals surface area contributed by atoms with Crippen molar-refractivity contribution in [3.05, 3.63) is 176 Å². The Bertz CT molecular complexity index is 3090. The highest BCUT2D eigenvalue weighted by Crippen LogP contribution is 2.46. The Morgan fingerprint density at radius 3 is 1.54 bits per heavy atom. The van der Waals surface area contributed by atoms with Crippen LogP contribution in [0, 0.1) is 0 Å². The molecule has 0 bridgehead atoms. The maximum atomic E-state index is 6.40. The number of benzene rings is 9. The molecule has 0 fully saturated rings. The van der Waals surface area contributed by atoms with Crippen LogP contribution in [0.25, 0.3) is 104 Å². The van der Waals surface area contributed by atoms with Gasteiger partial charge in [0.2, 0.25) is 0 Å². The van der Waals surface area contributed by atoms with E-state index in [1.807, 2.05) is 0 Å². The molecule has 9 aromatic carbocycles. The van der Waals surface area contributed by atoms with Gasteiger partial charge < -0.3 is 8.98 Å². The van der Waals surface area contributed by atoms with Crippen LogP contribution >= 0.6 is 0 Å². The lowest BCUT2D eigenvalue weighted by Gasteiger charge is -2.18. The minimum Gasteiger partial charge on any atom is -0.456 e. The fourth-order valence-electron chi connectivity index (χ4n) is 8.35. The maximum Gasteiger partial charge on any atom is 0.136 e. The molecule has 2 nitrogen and oxygen atoms in total. The first kappa shape index (κ1) is 27.3. The standard InChI is InChI=1S/C48H29NO/c1-2-14-34(15-3-1)49-43-21-11-10-16-35(43)36-24-22-33(28-44(36)49)48-39-19-8-6-17-37(39)47(38-18-7-9-20-40(38)48)32-23-25-45-41(27-32)42-26-30-12-4-5-13-31(30)29-46(42)50-45/h1-29H. The summed E-state index contributed by atoms with van der Waals surface area (Å²) in [5.41, 5.74) is 10.3. The van der Waals surface area contributed by atoms with Crippen LogP contribution in [0.5, 0.6) is 0 Å². The van der Waals surface area contributed by atoms with Crippen molar-refractivity contribution in [3.8, 4) is 27.9 Å². The first-order valence-corrected chi connectivity index (χ1v) is 17.2. The van der Waals surface area contributed by atoms with E-state index in [1.54, 1.807) is 0 Å². The summed E-state index contributed by atoms with van der Waals surface area (Å²) in [7, 11) is 0. The number of hydrogen-bond donors (Lipinski definition) is 0. The summed E-state index contributed by atoms with van der Waals surface area (Å²) < 4.78 is 8.80. The van der Waals surface area contributed by atoms with E-state index in [1.165, 1.54) is 76.4 Å². The van der Waals surface area contributed by atoms with Crippen molar-refractivity contribution in [2.45, 2.75) is 0 Å². The molecule has 0 aliphatic carbocycles. The van der Waals surface area contributed by atoms with Crippen LogP contribution in [0.1, 0.15) is 0 Å². The highest BCUT2D eigenvalue weighted by Gasteiger charge is 2.20. The number of fused-ring (bicyclic) bond motifs is 9. The Morgan fingerprint density at radius 2 is 0.840 bits per heavy atom. The predicted molar refractivity (Wildman–Crippen MR) is 211 cm³/mol. The highest BCUT2D eigenvalue weighted by molar-refractivity contribution is 6.23. The van der Waals surface area contributed by atoms with Crippen molar-refractivity contribution in [2.24, 2.45) is 0 Å². The van der Waals surface area contributed by atoms with Gasteiger partial charge in [0.1, 0.15) is 11.2 Å².